The molecule has 2 heterocycles. The number of carbonyl (C=O) groups is 2. The minimum Gasteiger partial charge on any atom is -0.478 e. The maximum absolute atomic E-state index is 11.5. The summed E-state index contributed by atoms with van der Waals surface area (Å²) < 4.78 is 5.06. The quantitative estimate of drug-likeness (QED) is 0.833. The zero-order valence-corrected chi connectivity index (χ0v) is 10.5. The molecule has 18 heavy (non-hydrogen) atoms. The molecule has 1 aliphatic heterocycles. The van der Waals surface area contributed by atoms with Crippen LogP contribution in [0.5, 0.6) is 0 Å². The van der Waals surface area contributed by atoms with Crippen LogP contribution in [0.4, 0.5) is 0 Å². The largest absolute Gasteiger partial charge is 0.478 e. The second-order valence-corrected chi connectivity index (χ2v) is 4.88. The summed E-state index contributed by atoms with van der Waals surface area (Å²) in [6.45, 7) is 1.89. The predicted octanol–water partition coefficient (Wildman–Crippen LogP) is 1.20. The van der Waals surface area contributed by atoms with E-state index in [1.54, 1.807) is 11.0 Å². The van der Waals surface area contributed by atoms with Gasteiger partial charge in [-0.25, -0.2) is 4.79 Å². The van der Waals surface area contributed by atoms with Crippen LogP contribution in [0.1, 0.15) is 10.4 Å². The fourth-order valence-electron chi connectivity index (χ4n) is 1.64. The van der Waals surface area contributed by atoms with E-state index >= 15 is 0 Å². The van der Waals surface area contributed by atoms with Crippen molar-refractivity contribution in [2.45, 2.75) is 6.54 Å². The molecule has 1 fully saturated rings. The monoisotopic (exact) mass is 267 g/mol. The van der Waals surface area contributed by atoms with Gasteiger partial charge in [-0.1, -0.05) is 0 Å². The Bertz CT molecular complexity index is 480. The van der Waals surface area contributed by atoms with Crippen molar-refractivity contribution in [1.29, 1.82) is 0 Å². The Balaban J connectivity index is 1.97. The lowest BCUT2D eigenvalue weighted by atomic mass is 10.2. The smallest absolute Gasteiger partial charge is 0.328 e. The Hall–Kier alpha value is -1.66. The number of nitrogens with zero attached hydrogens (tertiary/aromatic N) is 1. The van der Waals surface area contributed by atoms with Crippen LogP contribution in [0.25, 0.3) is 6.08 Å². The van der Waals surface area contributed by atoms with E-state index in [1.165, 1.54) is 11.3 Å². The lowest BCUT2D eigenvalue weighted by molar-refractivity contribution is -0.143. The second kappa shape index (κ2) is 5.79. The van der Waals surface area contributed by atoms with E-state index in [-0.39, 0.29) is 12.5 Å². The van der Waals surface area contributed by atoms with Gasteiger partial charge in [-0.05, 0) is 23.1 Å². The summed E-state index contributed by atoms with van der Waals surface area (Å²) in [5.41, 5.74) is 0.845. The van der Waals surface area contributed by atoms with Gasteiger partial charge in [0, 0.05) is 17.5 Å². The van der Waals surface area contributed by atoms with Gasteiger partial charge in [0.2, 0.25) is 5.91 Å². The normalized spacial score (nSPS) is 16.4. The first kappa shape index (κ1) is 12.8. The lowest BCUT2D eigenvalue weighted by Crippen LogP contribution is -2.40. The molecular weight excluding hydrogens is 254 g/mol. The van der Waals surface area contributed by atoms with Gasteiger partial charge >= 0.3 is 5.97 Å². The summed E-state index contributed by atoms with van der Waals surface area (Å²) in [6.07, 6.45) is 2.65. The molecule has 96 valence electrons. The average Bonchev–Trinajstić information content (AvgIpc) is 2.77. The van der Waals surface area contributed by atoms with Gasteiger partial charge in [0.15, 0.2) is 0 Å². The Labute approximate surface area is 108 Å². The molecule has 0 saturated carbocycles. The second-order valence-electron chi connectivity index (χ2n) is 3.89. The number of ether oxygens (including phenoxy) is 1. The Kier molecular flexibility index (Phi) is 4.11. The maximum Gasteiger partial charge on any atom is 0.328 e. The first-order chi connectivity index (χ1) is 8.65. The van der Waals surface area contributed by atoms with Crippen LogP contribution in [-0.2, 0) is 20.9 Å². The standard InChI is InChI=1S/C12H13NO4S/c14-11-7-17-4-3-13(11)6-10-5-9(8-18-10)1-2-12(15)16/h1-2,5,8H,3-4,6-7H2,(H,15,16). The number of hydrogen-bond donors (Lipinski definition) is 1. The van der Waals surface area contributed by atoms with Crippen LogP contribution in [0.2, 0.25) is 0 Å². The SMILES string of the molecule is O=C(O)C=Cc1csc(CN2CCOCC2=O)c1. The molecule has 0 bridgehead atoms. The van der Waals surface area contributed by atoms with Gasteiger partial charge in [-0.15, -0.1) is 11.3 Å². The number of amides is 1. The van der Waals surface area contributed by atoms with Crippen LogP contribution in [0.15, 0.2) is 17.5 Å². The minimum atomic E-state index is -0.967. The highest BCUT2D eigenvalue weighted by atomic mass is 32.1. The van der Waals surface area contributed by atoms with Gasteiger partial charge in [-0.3, -0.25) is 4.79 Å². The Morgan fingerprint density at radius 1 is 1.61 bits per heavy atom. The molecule has 0 aromatic carbocycles. The summed E-state index contributed by atoms with van der Waals surface area (Å²) >= 11 is 1.52. The molecular formula is C12H13NO4S. The minimum absolute atomic E-state index is 0.00252. The molecule has 0 radical (unpaired) electrons. The molecule has 5 nitrogen and oxygen atoms in total. The third-order valence-corrected chi connectivity index (χ3v) is 3.46. The van der Waals surface area contributed by atoms with E-state index in [0.717, 1.165) is 16.5 Å². The van der Waals surface area contributed by atoms with Crippen molar-refractivity contribution >= 4 is 29.3 Å². The number of rotatable bonds is 4. The zero-order valence-electron chi connectivity index (χ0n) is 9.67. The van der Waals surface area contributed by atoms with Crippen molar-refractivity contribution in [2.24, 2.45) is 0 Å². The topological polar surface area (TPSA) is 66.8 Å². The van der Waals surface area contributed by atoms with Crippen LogP contribution >= 0.6 is 11.3 Å². The molecule has 1 aromatic rings. The van der Waals surface area contributed by atoms with E-state index in [1.807, 2.05) is 11.4 Å². The van der Waals surface area contributed by atoms with Crippen LogP contribution in [0.3, 0.4) is 0 Å². The number of carbonyl (C=O) groups excluding carboxylic acids is 1. The van der Waals surface area contributed by atoms with Gasteiger partial charge < -0.3 is 14.7 Å². The number of carboxylic acid groups (broad SMARTS) is 1. The van der Waals surface area contributed by atoms with Crippen molar-refractivity contribution < 1.29 is 19.4 Å². The molecule has 0 spiro atoms. The van der Waals surface area contributed by atoms with Crippen molar-refractivity contribution in [3.8, 4) is 0 Å². The molecule has 1 aliphatic rings. The molecule has 2 rings (SSSR count). The van der Waals surface area contributed by atoms with E-state index in [0.29, 0.717) is 19.7 Å². The third-order valence-electron chi connectivity index (χ3n) is 2.52. The molecule has 1 amide bonds. The highest BCUT2D eigenvalue weighted by Crippen LogP contribution is 2.18. The van der Waals surface area contributed by atoms with Crippen molar-refractivity contribution in [2.75, 3.05) is 19.8 Å². The molecule has 0 atom stereocenters. The van der Waals surface area contributed by atoms with Crippen molar-refractivity contribution in [3.05, 3.63) is 28.0 Å². The predicted molar refractivity (Wildman–Crippen MR) is 67.2 cm³/mol. The molecule has 1 N–H and O–H groups in total. The summed E-state index contributed by atoms with van der Waals surface area (Å²) in [6, 6.07) is 1.90. The lowest BCUT2D eigenvalue weighted by Gasteiger charge is -2.26. The Morgan fingerprint density at radius 3 is 3.17 bits per heavy atom. The first-order valence-electron chi connectivity index (χ1n) is 5.49. The van der Waals surface area contributed by atoms with Crippen molar-refractivity contribution in [3.63, 3.8) is 0 Å². The fraction of sp³-hybridized carbons (Fsp3) is 0.333. The van der Waals surface area contributed by atoms with Gasteiger partial charge in [0.25, 0.3) is 0 Å². The van der Waals surface area contributed by atoms with Crippen LogP contribution in [-0.4, -0.2) is 41.6 Å². The zero-order chi connectivity index (χ0) is 13.0. The molecule has 0 unspecified atom stereocenters. The van der Waals surface area contributed by atoms with E-state index in [4.69, 9.17) is 9.84 Å². The molecule has 0 aliphatic carbocycles. The summed E-state index contributed by atoms with van der Waals surface area (Å²) in [4.78, 5) is 24.7. The third kappa shape index (κ3) is 3.41. The van der Waals surface area contributed by atoms with Gasteiger partial charge in [-0.2, -0.15) is 0 Å². The van der Waals surface area contributed by atoms with E-state index < -0.39 is 5.97 Å². The number of morpholine rings is 1. The number of aliphatic carboxylic acids is 1. The number of hydrogen-bond acceptors (Lipinski definition) is 4. The number of thiophene rings is 1. The summed E-state index contributed by atoms with van der Waals surface area (Å²) in [7, 11) is 0. The maximum atomic E-state index is 11.5. The highest BCUT2D eigenvalue weighted by molar-refractivity contribution is 7.10. The van der Waals surface area contributed by atoms with E-state index in [2.05, 4.69) is 0 Å². The molecule has 6 heteroatoms. The average molecular weight is 267 g/mol. The van der Waals surface area contributed by atoms with Gasteiger partial charge in [0.05, 0.1) is 13.2 Å². The molecule has 1 saturated heterocycles. The highest BCUT2D eigenvalue weighted by Gasteiger charge is 2.18. The first-order valence-corrected chi connectivity index (χ1v) is 6.37. The number of carboxylic acids is 1. The summed E-state index contributed by atoms with van der Waals surface area (Å²) in [5, 5.41) is 10.4. The van der Waals surface area contributed by atoms with E-state index in [9.17, 15) is 9.59 Å². The van der Waals surface area contributed by atoms with Crippen molar-refractivity contribution in [1.82, 2.24) is 4.90 Å². The van der Waals surface area contributed by atoms with Gasteiger partial charge in [0.1, 0.15) is 6.61 Å². The molecule has 1 aromatic heterocycles. The fourth-order valence-corrected chi connectivity index (χ4v) is 2.51. The summed E-state index contributed by atoms with van der Waals surface area (Å²) in [5.74, 6) is -0.969. The van der Waals surface area contributed by atoms with Crippen LogP contribution < -0.4 is 0 Å². The van der Waals surface area contributed by atoms with Crippen LogP contribution in [0, 0.1) is 0 Å². The Morgan fingerprint density at radius 2 is 2.44 bits per heavy atom.